The van der Waals surface area contributed by atoms with Crippen LogP contribution in [0.1, 0.15) is 0 Å². The molecule has 0 spiro atoms. The first-order chi connectivity index (χ1) is 7.78. The SMILES string of the molecule is [C-]#[N+]c1ccc2oc3ccc(Br)cc3c2c1. The highest BCUT2D eigenvalue weighted by molar-refractivity contribution is 9.10. The number of hydrogen-bond donors (Lipinski definition) is 0. The highest BCUT2D eigenvalue weighted by atomic mass is 79.9. The van der Waals surface area contributed by atoms with E-state index in [0.29, 0.717) is 5.69 Å². The zero-order valence-electron chi connectivity index (χ0n) is 8.20. The summed E-state index contributed by atoms with van der Waals surface area (Å²) in [6, 6.07) is 11.4. The van der Waals surface area contributed by atoms with Crippen molar-refractivity contribution in [2.45, 2.75) is 0 Å². The van der Waals surface area contributed by atoms with Crippen molar-refractivity contribution >= 4 is 43.6 Å². The average molecular weight is 272 g/mol. The minimum atomic E-state index is 0.634. The second kappa shape index (κ2) is 3.36. The van der Waals surface area contributed by atoms with Crippen LogP contribution in [0.5, 0.6) is 0 Å². The summed E-state index contributed by atoms with van der Waals surface area (Å²) in [5.41, 5.74) is 2.30. The van der Waals surface area contributed by atoms with Crippen LogP contribution in [0, 0.1) is 6.57 Å². The number of furan rings is 1. The molecular formula is C13H6BrNO. The van der Waals surface area contributed by atoms with Crippen LogP contribution < -0.4 is 0 Å². The number of benzene rings is 2. The van der Waals surface area contributed by atoms with Gasteiger partial charge in [-0.2, -0.15) is 0 Å². The smallest absolute Gasteiger partial charge is 0.188 e. The van der Waals surface area contributed by atoms with Gasteiger partial charge in [0.05, 0.1) is 6.57 Å². The van der Waals surface area contributed by atoms with Crippen LogP contribution in [-0.4, -0.2) is 0 Å². The average Bonchev–Trinajstić information content (AvgIpc) is 2.66. The van der Waals surface area contributed by atoms with Crippen LogP contribution >= 0.6 is 15.9 Å². The Morgan fingerprint density at radius 2 is 1.69 bits per heavy atom. The van der Waals surface area contributed by atoms with E-state index in [1.165, 1.54) is 0 Å². The summed E-state index contributed by atoms with van der Waals surface area (Å²) in [7, 11) is 0. The third kappa shape index (κ3) is 1.31. The van der Waals surface area contributed by atoms with Gasteiger partial charge in [-0.3, -0.25) is 0 Å². The first kappa shape index (κ1) is 9.44. The molecule has 0 aliphatic carbocycles. The molecular weight excluding hydrogens is 266 g/mol. The molecule has 0 aliphatic heterocycles. The Balaban J connectivity index is 2.50. The standard InChI is InChI=1S/C13H6BrNO/c1-15-9-3-5-13-11(7-9)10-6-8(14)2-4-12(10)16-13/h2-7H. The monoisotopic (exact) mass is 271 g/mol. The summed E-state index contributed by atoms with van der Waals surface area (Å²) in [6.45, 7) is 7.01. The van der Waals surface area contributed by atoms with E-state index >= 15 is 0 Å². The molecule has 0 saturated heterocycles. The summed E-state index contributed by atoms with van der Waals surface area (Å²) >= 11 is 3.44. The van der Waals surface area contributed by atoms with E-state index in [-0.39, 0.29) is 0 Å². The fraction of sp³-hybridized carbons (Fsp3) is 0. The topological polar surface area (TPSA) is 17.5 Å². The largest absolute Gasteiger partial charge is 0.456 e. The highest BCUT2D eigenvalue weighted by Crippen LogP contribution is 2.32. The number of halogens is 1. The van der Waals surface area contributed by atoms with Crippen molar-refractivity contribution in [3.05, 3.63) is 52.3 Å². The first-order valence-corrected chi connectivity index (χ1v) is 5.56. The van der Waals surface area contributed by atoms with Gasteiger partial charge < -0.3 is 4.42 Å². The van der Waals surface area contributed by atoms with Crippen LogP contribution in [0.25, 0.3) is 26.8 Å². The Bertz CT molecular complexity index is 737. The van der Waals surface area contributed by atoms with Crippen molar-refractivity contribution in [1.82, 2.24) is 0 Å². The van der Waals surface area contributed by atoms with Crippen molar-refractivity contribution < 1.29 is 4.42 Å². The Morgan fingerprint density at radius 1 is 1.00 bits per heavy atom. The molecule has 0 radical (unpaired) electrons. The quantitative estimate of drug-likeness (QED) is 0.532. The van der Waals surface area contributed by atoms with Crippen molar-refractivity contribution in [1.29, 1.82) is 0 Å². The fourth-order valence-corrected chi connectivity index (χ4v) is 2.17. The molecule has 76 valence electrons. The second-order valence-corrected chi connectivity index (χ2v) is 4.45. The van der Waals surface area contributed by atoms with Crippen molar-refractivity contribution in [3.8, 4) is 0 Å². The van der Waals surface area contributed by atoms with Gasteiger partial charge in [0.1, 0.15) is 11.2 Å². The van der Waals surface area contributed by atoms with Gasteiger partial charge in [0.2, 0.25) is 0 Å². The Kier molecular flexibility index (Phi) is 1.98. The third-order valence-electron chi connectivity index (χ3n) is 2.54. The number of hydrogen-bond acceptors (Lipinski definition) is 1. The van der Waals surface area contributed by atoms with Gasteiger partial charge in [0.25, 0.3) is 0 Å². The van der Waals surface area contributed by atoms with Gasteiger partial charge >= 0.3 is 0 Å². The van der Waals surface area contributed by atoms with Gasteiger partial charge in [-0.1, -0.05) is 22.0 Å². The molecule has 0 unspecified atom stereocenters. The normalized spacial score (nSPS) is 10.8. The lowest BCUT2D eigenvalue weighted by Crippen LogP contribution is -1.67. The molecule has 3 rings (SSSR count). The number of fused-ring (bicyclic) bond motifs is 3. The van der Waals surface area contributed by atoms with Gasteiger partial charge in [0, 0.05) is 15.2 Å². The lowest BCUT2D eigenvalue weighted by atomic mass is 10.1. The van der Waals surface area contributed by atoms with Gasteiger partial charge in [-0.15, -0.1) is 0 Å². The minimum absolute atomic E-state index is 0.634. The van der Waals surface area contributed by atoms with Crippen LogP contribution in [-0.2, 0) is 0 Å². The zero-order valence-corrected chi connectivity index (χ0v) is 9.78. The van der Waals surface area contributed by atoms with E-state index in [2.05, 4.69) is 20.8 Å². The summed E-state index contributed by atoms with van der Waals surface area (Å²) in [4.78, 5) is 3.43. The Morgan fingerprint density at radius 3 is 2.44 bits per heavy atom. The van der Waals surface area contributed by atoms with Crippen LogP contribution in [0.15, 0.2) is 45.3 Å². The van der Waals surface area contributed by atoms with Gasteiger partial charge in [0.15, 0.2) is 5.69 Å². The molecule has 0 aliphatic rings. The van der Waals surface area contributed by atoms with E-state index in [4.69, 9.17) is 11.0 Å². The Labute approximate surface area is 100 Å². The molecule has 0 bridgehead atoms. The minimum Gasteiger partial charge on any atom is -0.456 e. The van der Waals surface area contributed by atoms with Crippen molar-refractivity contribution in [2.24, 2.45) is 0 Å². The molecule has 0 N–H and O–H groups in total. The van der Waals surface area contributed by atoms with Gasteiger partial charge in [-0.05, 0) is 30.3 Å². The molecule has 2 nitrogen and oxygen atoms in total. The molecule has 16 heavy (non-hydrogen) atoms. The Hall–Kier alpha value is -1.79. The third-order valence-corrected chi connectivity index (χ3v) is 3.04. The molecule has 3 aromatic rings. The molecule has 1 aromatic heterocycles. The molecule has 2 aromatic carbocycles. The molecule has 0 fully saturated rings. The summed E-state index contributed by atoms with van der Waals surface area (Å²) in [6.07, 6.45) is 0. The zero-order chi connectivity index (χ0) is 11.1. The second-order valence-electron chi connectivity index (χ2n) is 3.53. The maximum atomic E-state index is 7.01. The molecule has 0 saturated carbocycles. The predicted octanol–water partition coefficient (Wildman–Crippen LogP) is 4.90. The maximum absolute atomic E-state index is 7.01. The van der Waals surface area contributed by atoms with Crippen LogP contribution in [0.3, 0.4) is 0 Å². The highest BCUT2D eigenvalue weighted by Gasteiger charge is 2.07. The van der Waals surface area contributed by atoms with E-state index in [0.717, 1.165) is 26.4 Å². The summed E-state index contributed by atoms with van der Waals surface area (Å²) in [5, 5.41) is 2.03. The van der Waals surface area contributed by atoms with Crippen LogP contribution in [0.2, 0.25) is 0 Å². The molecule has 1 heterocycles. The van der Waals surface area contributed by atoms with E-state index in [1.807, 2.05) is 30.3 Å². The maximum Gasteiger partial charge on any atom is 0.188 e. The van der Waals surface area contributed by atoms with Gasteiger partial charge in [-0.25, -0.2) is 4.85 Å². The fourth-order valence-electron chi connectivity index (χ4n) is 1.81. The van der Waals surface area contributed by atoms with E-state index in [9.17, 15) is 0 Å². The van der Waals surface area contributed by atoms with Crippen molar-refractivity contribution in [2.75, 3.05) is 0 Å². The molecule has 3 heteroatoms. The lowest BCUT2D eigenvalue weighted by molar-refractivity contribution is 0.669. The molecule has 0 amide bonds. The van der Waals surface area contributed by atoms with E-state index in [1.54, 1.807) is 6.07 Å². The van der Waals surface area contributed by atoms with Crippen molar-refractivity contribution in [3.63, 3.8) is 0 Å². The summed E-state index contributed by atoms with van der Waals surface area (Å²) in [5.74, 6) is 0. The lowest BCUT2D eigenvalue weighted by Gasteiger charge is -1.91. The first-order valence-electron chi connectivity index (χ1n) is 4.77. The number of rotatable bonds is 0. The number of nitrogens with zero attached hydrogens (tertiary/aromatic N) is 1. The summed E-state index contributed by atoms with van der Waals surface area (Å²) < 4.78 is 6.69. The molecule has 0 atom stereocenters. The van der Waals surface area contributed by atoms with E-state index < -0.39 is 0 Å². The van der Waals surface area contributed by atoms with Crippen LogP contribution in [0.4, 0.5) is 5.69 Å². The predicted molar refractivity (Wildman–Crippen MR) is 67.7 cm³/mol.